The fourth-order valence-electron chi connectivity index (χ4n) is 1.61. The minimum Gasteiger partial charge on any atom is -0.456 e. The Balaban J connectivity index is 1.93. The number of carbonyl (C=O) groups excluding carboxylic acids is 1. The van der Waals surface area contributed by atoms with Crippen LogP contribution in [0, 0.1) is 6.92 Å². The van der Waals surface area contributed by atoms with E-state index in [4.69, 9.17) is 4.42 Å². The van der Waals surface area contributed by atoms with Gasteiger partial charge in [-0.2, -0.15) is 0 Å². The standard InChI is InChI=1S/C14H17N3O2/c1-10-4-6-12(19-10)14(18)16-9-11-5-7-13(15-8-11)17(2)3/h4-8H,9H2,1-3H3,(H,16,18). The number of nitrogens with zero attached hydrogens (tertiary/aromatic N) is 2. The average molecular weight is 259 g/mol. The summed E-state index contributed by atoms with van der Waals surface area (Å²) in [5.74, 6) is 1.72. The molecule has 0 fully saturated rings. The molecule has 100 valence electrons. The second-order valence-electron chi connectivity index (χ2n) is 4.51. The van der Waals surface area contributed by atoms with E-state index in [0.29, 0.717) is 12.3 Å². The zero-order valence-corrected chi connectivity index (χ0v) is 11.3. The molecule has 2 aromatic rings. The molecule has 0 radical (unpaired) electrons. The molecule has 0 spiro atoms. The fraction of sp³-hybridized carbons (Fsp3) is 0.286. The van der Waals surface area contributed by atoms with Crippen molar-refractivity contribution in [3.8, 4) is 0 Å². The van der Waals surface area contributed by atoms with Gasteiger partial charge in [-0.3, -0.25) is 4.79 Å². The zero-order valence-electron chi connectivity index (χ0n) is 11.3. The predicted octanol–water partition coefficient (Wildman–Crippen LogP) is 1.98. The smallest absolute Gasteiger partial charge is 0.287 e. The molecule has 0 saturated carbocycles. The highest BCUT2D eigenvalue weighted by molar-refractivity contribution is 5.91. The quantitative estimate of drug-likeness (QED) is 0.912. The molecular formula is C14H17N3O2. The largest absolute Gasteiger partial charge is 0.456 e. The SMILES string of the molecule is Cc1ccc(C(=O)NCc2ccc(N(C)C)nc2)o1. The van der Waals surface area contributed by atoms with E-state index in [9.17, 15) is 4.79 Å². The zero-order chi connectivity index (χ0) is 13.8. The maximum Gasteiger partial charge on any atom is 0.287 e. The summed E-state index contributed by atoms with van der Waals surface area (Å²) in [6, 6.07) is 7.29. The van der Waals surface area contributed by atoms with Gasteiger partial charge < -0.3 is 14.6 Å². The van der Waals surface area contributed by atoms with E-state index in [0.717, 1.165) is 17.1 Å². The van der Waals surface area contributed by atoms with Gasteiger partial charge in [0.1, 0.15) is 11.6 Å². The molecule has 0 aliphatic rings. The van der Waals surface area contributed by atoms with Gasteiger partial charge in [0.2, 0.25) is 0 Å². The molecule has 0 bridgehead atoms. The average Bonchev–Trinajstić information content (AvgIpc) is 2.83. The molecule has 2 heterocycles. The maximum absolute atomic E-state index is 11.8. The van der Waals surface area contributed by atoms with Crippen molar-refractivity contribution in [2.24, 2.45) is 0 Å². The lowest BCUT2D eigenvalue weighted by atomic mass is 10.2. The first kappa shape index (κ1) is 13.1. The van der Waals surface area contributed by atoms with Crippen LogP contribution >= 0.6 is 0 Å². The van der Waals surface area contributed by atoms with Crippen LogP contribution in [0.1, 0.15) is 21.9 Å². The third-order valence-electron chi connectivity index (χ3n) is 2.68. The first-order valence-electron chi connectivity index (χ1n) is 6.03. The number of pyridine rings is 1. The first-order chi connectivity index (χ1) is 9.06. The van der Waals surface area contributed by atoms with Gasteiger partial charge in [0.15, 0.2) is 5.76 Å². The Labute approximate surface area is 112 Å². The fourth-order valence-corrected chi connectivity index (χ4v) is 1.61. The lowest BCUT2D eigenvalue weighted by Gasteiger charge is -2.11. The molecule has 5 heteroatoms. The summed E-state index contributed by atoms with van der Waals surface area (Å²) < 4.78 is 5.25. The van der Waals surface area contributed by atoms with E-state index in [1.165, 1.54) is 0 Å². The van der Waals surface area contributed by atoms with Crippen molar-refractivity contribution in [3.63, 3.8) is 0 Å². The monoisotopic (exact) mass is 259 g/mol. The van der Waals surface area contributed by atoms with Crippen molar-refractivity contribution < 1.29 is 9.21 Å². The number of rotatable bonds is 4. The molecule has 0 aromatic carbocycles. The van der Waals surface area contributed by atoms with E-state index in [1.807, 2.05) is 31.1 Å². The Hall–Kier alpha value is -2.30. The van der Waals surface area contributed by atoms with Gasteiger partial charge in [-0.05, 0) is 30.7 Å². The minimum atomic E-state index is -0.218. The topological polar surface area (TPSA) is 58.4 Å². The Morgan fingerprint density at radius 2 is 2.11 bits per heavy atom. The third kappa shape index (κ3) is 3.34. The van der Waals surface area contributed by atoms with Crippen LogP contribution in [0.3, 0.4) is 0 Å². The number of furan rings is 1. The van der Waals surface area contributed by atoms with Crippen LogP contribution in [0.25, 0.3) is 0 Å². The number of aromatic nitrogens is 1. The molecule has 0 atom stereocenters. The number of nitrogens with one attached hydrogen (secondary N) is 1. The van der Waals surface area contributed by atoms with Crippen molar-refractivity contribution in [3.05, 3.63) is 47.5 Å². The van der Waals surface area contributed by atoms with Gasteiger partial charge in [-0.25, -0.2) is 4.98 Å². The van der Waals surface area contributed by atoms with Crippen molar-refractivity contribution >= 4 is 11.7 Å². The van der Waals surface area contributed by atoms with E-state index in [1.54, 1.807) is 25.3 Å². The molecule has 19 heavy (non-hydrogen) atoms. The van der Waals surface area contributed by atoms with Crippen molar-refractivity contribution in [1.82, 2.24) is 10.3 Å². The number of aryl methyl sites for hydroxylation is 1. The summed E-state index contributed by atoms with van der Waals surface area (Å²) in [6.07, 6.45) is 1.75. The summed E-state index contributed by atoms with van der Waals surface area (Å²) in [6.45, 7) is 2.24. The second-order valence-corrected chi connectivity index (χ2v) is 4.51. The molecule has 0 aliphatic carbocycles. The Morgan fingerprint density at radius 3 is 2.63 bits per heavy atom. The number of hydrogen-bond donors (Lipinski definition) is 1. The molecule has 5 nitrogen and oxygen atoms in total. The highest BCUT2D eigenvalue weighted by Crippen LogP contribution is 2.09. The predicted molar refractivity (Wildman–Crippen MR) is 73.2 cm³/mol. The van der Waals surface area contributed by atoms with Crippen LogP contribution in [0.15, 0.2) is 34.9 Å². The third-order valence-corrected chi connectivity index (χ3v) is 2.68. The summed E-state index contributed by atoms with van der Waals surface area (Å²) in [5, 5.41) is 2.79. The molecule has 1 amide bonds. The second kappa shape index (κ2) is 5.56. The number of carbonyl (C=O) groups is 1. The molecule has 2 rings (SSSR count). The summed E-state index contributed by atoms with van der Waals surface area (Å²) >= 11 is 0. The highest BCUT2D eigenvalue weighted by atomic mass is 16.3. The van der Waals surface area contributed by atoms with Gasteiger partial charge in [0, 0.05) is 26.8 Å². The van der Waals surface area contributed by atoms with Gasteiger partial charge >= 0.3 is 0 Å². The van der Waals surface area contributed by atoms with Crippen LogP contribution in [0.2, 0.25) is 0 Å². The van der Waals surface area contributed by atoms with Gasteiger partial charge in [0.05, 0.1) is 0 Å². The molecule has 0 aliphatic heterocycles. The molecule has 0 unspecified atom stereocenters. The van der Waals surface area contributed by atoms with Gasteiger partial charge in [-0.1, -0.05) is 6.07 Å². The highest BCUT2D eigenvalue weighted by Gasteiger charge is 2.09. The van der Waals surface area contributed by atoms with Crippen molar-refractivity contribution in [2.75, 3.05) is 19.0 Å². The maximum atomic E-state index is 11.8. The van der Waals surface area contributed by atoms with E-state index in [-0.39, 0.29) is 5.91 Å². The van der Waals surface area contributed by atoms with E-state index >= 15 is 0 Å². The molecule has 1 N–H and O–H groups in total. The Kier molecular flexibility index (Phi) is 3.85. The van der Waals surface area contributed by atoms with Crippen LogP contribution in [-0.2, 0) is 6.54 Å². The van der Waals surface area contributed by atoms with Crippen molar-refractivity contribution in [2.45, 2.75) is 13.5 Å². The lowest BCUT2D eigenvalue weighted by Crippen LogP contribution is -2.22. The summed E-state index contributed by atoms with van der Waals surface area (Å²) in [5.41, 5.74) is 0.947. The number of amides is 1. The Morgan fingerprint density at radius 1 is 1.32 bits per heavy atom. The van der Waals surface area contributed by atoms with Crippen LogP contribution in [-0.4, -0.2) is 25.0 Å². The molecule has 2 aromatic heterocycles. The van der Waals surface area contributed by atoms with Gasteiger partial charge in [0.25, 0.3) is 5.91 Å². The normalized spacial score (nSPS) is 10.3. The number of hydrogen-bond acceptors (Lipinski definition) is 4. The van der Waals surface area contributed by atoms with Gasteiger partial charge in [-0.15, -0.1) is 0 Å². The van der Waals surface area contributed by atoms with Crippen molar-refractivity contribution in [1.29, 1.82) is 0 Å². The first-order valence-corrected chi connectivity index (χ1v) is 6.03. The lowest BCUT2D eigenvalue weighted by molar-refractivity contribution is 0.0922. The molecular weight excluding hydrogens is 242 g/mol. The van der Waals surface area contributed by atoms with E-state index in [2.05, 4.69) is 10.3 Å². The number of anilines is 1. The minimum absolute atomic E-state index is 0.218. The summed E-state index contributed by atoms with van der Waals surface area (Å²) in [4.78, 5) is 18.0. The van der Waals surface area contributed by atoms with Crippen LogP contribution < -0.4 is 10.2 Å². The van der Waals surface area contributed by atoms with E-state index < -0.39 is 0 Å². The summed E-state index contributed by atoms with van der Waals surface area (Å²) in [7, 11) is 3.87. The van der Waals surface area contributed by atoms with Crippen LogP contribution in [0.4, 0.5) is 5.82 Å². The molecule has 0 saturated heterocycles. The van der Waals surface area contributed by atoms with Crippen LogP contribution in [0.5, 0.6) is 0 Å². The Bertz CT molecular complexity index is 558.